The monoisotopic (exact) mass is 495 g/mol. The third-order valence-corrected chi connectivity index (χ3v) is 5.78. The molecule has 36 heavy (non-hydrogen) atoms. The molecule has 188 valence electrons. The number of ether oxygens (including phenoxy) is 1. The normalized spacial score (nSPS) is 16.5. The molecule has 12 nitrogen and oxygen atoms in total. The van der Waals surface area contributed by atoms with Crippen molar-refractivity contribution in [1.29, 1.82) is 0 Å². The molecule has 1 fully saturated rings. The molecule has 3 N–H and O–H groups in total. The minimum Gasteiger partial charge on any atom is -0.380 e. The lowest BCUT2D eigenvalue weighted by molar-refractivity contribution is -0.150. The summed E-state index contributed by atoms with van der Waals surface area (Å²) >= 11 is 0. The van der Waals surface area contributed by atoms with Crippen LogP contribution >= 0.6 is 0 Å². The molecule has 2 atom stereocenters. The second-order valence-corrected chi connectivity index (χ2v) is 8.39. The van der Waals surface area contributed by atoms with Crippen LogP contribution in [0.3, 0.4) is 0 Å². The topological polar surface area (TPSA) is 158 Å². The highest BCUT2D eigenvalue weighted by molar-refractivity contribution is 6.05. The Morgan fingerprint density at radius 1 is 1.19 bits per heavy atom. The molecule has 12 heteroatoms. The average Bonchev–Trinajstić information content (AvgIpc) is 3.30. The number of carbonyl (C=O) groups is 3. The summed E-state index contributed by atoms with van der Waals surface area (Å²) in [5.74, 6) is -2.08. The molecule has 1 aliphatic heterocycles. The lowest BCUT2D eigenvalue weighted by atomic mass is 10.0. The zero-order chi connectivity index (χ0) is 26.0. The van der Waals surface area contributed by atoms with E-state index in [1.54, 1.807) is 63.5 Å². The summed E-state index contributed by atoms with van der Waals surface area (Å²) in [4.78, 5) is 54.8. The molecule has 0 bridgehead atoms. The van der Waals surface area contributed by atoms with E-state index >= 15 is 0 Å². The van der Waals surface area contributed by atoms with Gasteiger partial charge in [0.25, 0.3) is 17.7 Å². The van der Waals surface area contributed by atoms with Crippen molar-refractivity contribution in [1.82, 2.24) is 15.0 Å². The van der Waals surface area contributed by atoms with E-state index in [1.807, 2.05) is 0 Å². The van der Waals surface area contributed by atoms with E-state index in [2.05, 4.69) is 20.0 Å². The maximum Gasteiger partial charge on any atom is 0.439 e. The highest BCUT2D eigenvalue weighted by atomic mass is 16.5. The Hall–Kier alpha value is -4.29. The van der Waals surface area contributed by atoms with Gasteiger partial charge in [-0.1, -0.05) is 11.2 Å². The first-order chi connectivity index (χ1) is 17.2. The molecule has 2 heterocycles. The molecular formula is C24H25N5O7. The van der Waals surface area contributed by atoms with Crippen molar-refractivity contribution in [3.8, 4) is 11.4 Å². The summed E-state index contributed by atoms with van der Waals surface area (Å²) in [6, 6.07) is 11.3. The van der Waals surface area contributed by atoms with Crippen molar-refractivity contribution in [2.24, 2.45) is 0 Å². The number of benzene rings is 2. The van der Waals surface area contributed by atoms with Crippen LogP contribution in [0.4, 0.5) is 11.4 Å². The molecule has 0 aliphatic carbocycles. The first-order valence-electron chi connectivity index (χ1n) is 11.1. The Morgan fingerprint density at radius 2 is 1.92 bits per heavy atom. The lowest BCUT2D eigenvalue weighted by Crippen LogP contribution is -2.55. The van der Waals surface area contributed by atoms with Gasteiger partial charge in [-0.3, -0.25) is 23.9 Å². The summed E-state index contributed by atoms with van der Waals surface area (Å²) in [5, 5.41) is 16.8. The molecule has 0 saturated carbocycles. The molecule has 1 saturated heterocycles. The number of aromatic nitrogens is 2. The number of aliphatic hydroxyl groups is 1. The van der Waals surface area contributed by atoms with Gasteiger partial charge < -0.3 is 25.0 Å². The van der Waals surface area contributed by atoms with Gasteiger partial charge in [-0.25, -0.2) is 4.79 Å². The average molecular weight is 495 g/mol. The van der Waals surface area contributed by atoms with Gasteiger partial charge in [-0.15, -0.1) is 0 Å². The second kappa shape index (κ2) is 10.1. The minimum absolute atomic E-state index is 0.0939. The quantitative estimate of drug-likeness (QED) is 0.452. The van der Waals surface area contributed by atoms with E-state index in [4.69, 9.17) is 4.74 Å². The van der Waals surface area contributed by atoms with Crippen molar-refractivity contribution in [3.63, 3.8) is 0 Å². The summed E-state index contributed by atoms with van der Waals surface area (Å²) < 4.78 is 9.93. The van der Waals surface area contributed by atoms with E-state index in [0.717, 1.165) is 0 Å². The summed E-state index contributed by atoms with van der Waals surface area (Å²) in [6.45, 7) is 2.04. The van der Waals surface area contributed by atoms with Gasteiger partial charge >= 0.3 is 5.76 Å². The zero-order valence-electron chi connectivity index (χ0n) is 19.8. The molecular weight excluding hydrogens is 470 g/mol. The molecule has 2 unspecified atom stereocenters. The number of nitrogens with one attached hydrogen (secondary N) is 2. The number of hydrogen-bond acceptors (Lipinski definition) is 8. The van der Waals surface area contributed by atoms with E-state index in [9.17, 15) is 24.3 Å². The van der Waals surface area contributed by atoms with Gasteiger partial charge in [0, 0.05) is 43.1 Å². The third-order valence-electron chi connectivity index (χ3n) is 5.78. The fourth-order valence-corrected chi connectivity index (χ4v) is 3.88. The molecule has 1 aliphatic rings. The van der Waals surface area contributed by atoms with Crippen molar-refractivity contribution in [2.75, 3.05) is 37.5 Å². The molecule has 1 aromatic heterocycles. The van der Waals surface area contributed by atoms with Crippen LogP contribution in [0.15, 0.2) is 51.8 Å². The van der Waals surface area contributed by atoms with Crippen LogP contribution in [0, 0.1) is 6.92 Å². The van der Waals surface area contributed by atoms with Gasteiger partial charge in [0.1, 0.15) is 0 Å². The van der Waals surface area contributed by atoms with E-state index in [1.165, 1.54) is 9.80 Å². The molecule has 4 rings (SSSR count). The highest BCUT2D eigenvalue weighted by Crippen LogP contribution is 2.27. The summed E-state index contributed by atoms with van der Waals surface area (Å²) in [7, 11) is 3.28. The van der Waals surface area contributed by atoms with Crippen LogP contribution in [0.25, 0.3) is 11.4 Å². The number of rotatable bonds is 6. The van der Waals surface area contributed by atoms with Crippen LogP contribution in [0.1, 0.15) is 15.9 Å². The van der Waals surface area contributed by atoms with Crippen LogP contribution in [-0.2, 0) is 14.3 Å². The van der Waals surface area contributed by atoms with E-state index < -0.39 is 29.8 Å². The number of aliphatic hydroxyl groups excluding tert-OH is 1. The number of H-pyrrole nitrogens is 1. The Bertz CT molecular complexity index is 1350. The summed E-state index contributed by atoms with van der Waals surface area (Å²) in [6.07, 6.45) is -3.20. The van der Waals surface area contributed by atoms with Gasteiger partial charge in [-0.2, -0.15) is 0 Å². The van der Waals surface area contributed by atoms with Crippen molar-refractivity contribution < 1.29 is 28.8 Å². The van der Waals surface area contributed by atoms with Gasteiger partial charge in [0.2, 0.25) is 0 Å². The zero-order valence-corrected chi connectivity index (χ0v) is 19.8. The smallest absolute Gasteiger partial charge is 0.380 e. The number of hydrogen-bond donors (Lipinski definition) is 3. The molecule has 3 aromatic rings. The maximum absolute atomic E-state index is 13.2. The first-order valence-corrected chi connectivity index (χ1v) is 11.1. The Labute approximate surface area is 205 Å². The highest BCUT2D eigenvalue weighted by Gasteiger charge is 2.40. The number of anilines is 2. The van der Waals surface area contributed by atoms with Crippen LogP contribution in [0.2, 0.25) is 0 Å². The lowest BCUT2D eigenvalue weighted by Gasteiger charge is -2.35. The molecule has 0 radical (unpaired) electrons. The van der Waals surface area contributed by atoms with Gasteiger partial charge in [-0.05, 0) is 48.9 Å². The van der Waals surface area contributed by atoms with Gasteiger partial charge in [0.05, 0.1) is 6.61 Å². The number of morpholine rings is 1. The first kappa shape index (κ1) is 24.8. The number of nitrogens with zero attached hydrogens (tertiary/aromatic N) is 3. The minimum atomic E-state index is -1.78. The van der Waals surface area contributed by atoms with Crippen molar-refractivity contribution in [3.05, 3.63) is 64.1 Å². The predicted molar refractivity (Wildman–Crippen MR) is 128 cm³/mol. The molecule has 2 aromatic carbocycles. The fraction of sp³-hybridized carbons (Fsp3) is 0.292. The van der Waals surface area contributed by atoms with Crippen molar-refractivity contribution in [2.45, 2.75) is 19.1 Å². The maximum atomic E-state index is 13.2. The fourth-order valence-electron chi connectivity index (χ4n) is 3.88. The number of amides is 3. The van der Waals surface area contributed by atoms with Crippen LogP contribution < -0.4 is 16.0 Å². The SMILES string of the molecule is Cc1c(C(=O)N(C)C)cccc1N1CCOC(C(O)C(=O)Nc2ccc(-c3noc(=O)[nH]3)cc2)C1=O. The second-order valence-electron chi connectivity index (χ2n) is 8.39. The third kappa shape index (κ3) is 4.90. The van der Waals surface area contributed by atoms with Gasteiger partial charge in [0.15, 0.2) is 18.0 Å². The largest absolute Gasteiger partial charge is 0.439 e. The Balaban J connectivity index is 1.47. The standard InChI is InChI=1S/C24H25N5O7/c1-13-16(22(32)28(2)3)5-4-6-17(13)29-11-12-35-19(23(29)33)18(30)21(31)25-15-9-7-14(8-10-15)20-26-24(34)36-27-20/h4-10,18-19,30H,11-12H2,1-3H3,(H,25,31)(H,26,27,34). The number of carbonyl (C=O) groups excluding carboxylic acids is 3. The van der Waals surface area contributed by atoms with E-state index in [0.29, 0.717) is 28.1 Å². The Kier molecular flexibility index (Phi) is 6.99. The van der Waals surface area contributed by atoms with Crippen LogP contribution in [0.5, 0.6) is 0 Å². The summed E-state index contributed by atoms with van der Waals surface area (Å²) in [5.41, 5.74) is 2.46. The van der Waals surface area contributed by atoms with Crippen LogP contribution in [-0.4, -0.2) is 77.3 Å². The van der Waals surface area contributed by atoms with E-state index in [-0.39, 0.29) is 24.9 Å². The predicted octanol–water partition coefficient (Wildman–Crippen LogP) is 0.772. The molecule has 3 amide bonds. The molecule has 0 spiro atoms. The Morgan fingerprint density at radius 3 is 2.56 bits per heavy atom. The van der Waals surface area contributed by atoms with Crippen molar-refractivity contribution >= 4 is 29.1 Å². The number of aromatic amines is 1.